The Balaban J connectivity index is 1.44. The molecule has 2 N–H and O–H groups in total. The molecule has 0 radical (unpaired) electrons. The maximum absolute atomic E-state index is 12.8. The van der Waals surface area contributed by atoms with Crippen molar-refractivity contribution in [1.29, 1.82) is 0 Å². The third-order valence-corrected chi connectivity index (χ3v) is 4.72. The van der Waals surface area contributed by atoms with Crippen molar-refractivity contribution in [3.8, 4) is 0 Å². The molecule has 0 saturated carbocycles. The Kier molecular flexibility index (Phi) is 4.26. The molecule has 26 heavy (non-hydrogen) atoms. The minimum atomic E-state index is -0.685. The van der Waals surface area contributed by atoms with Crippen LogP contribution in [0.1, 0.15) is 16.8 Å². The summed E-state index contributed by atoms with van der Waals surface area (Å²) in [4.78, 5) is 27.0. The fraction of sp³-hybridized carbons (Fsp3) is 0.333. The molecule has 134 valence electrons. The summed E-state index contributed by atoms with van der Waals surface area (Å²) in [5, 5.41) is 13.6. The number of carbonyl (C=O) groups excluding carboxylic acids is 1. The van der Waals surface area contributed by atoms with Gasteiger partial charge in [0.2, 0.25) is 5.95 Å². The predicted octanol–water partition coefficient (Wildman–Crippen LogP) is 1.05. The van der Waals surface area contributed by atoms with Gasteiger partial charge in [-0.25, -0.2) is 15.0 Å². The number of anilines is 1. The van der Waals surface area contributed by atoms with E-state index in [1.165, 1.54) is 0 Å². The second-order valence-corrected chi connectivity index (χ2v) is 6.49. The molecule has 0 unspecified atom stereocenters. The van der Waals surface area contributed by atoms with E-state index in [-0.39, 0.29) is 18.5 Å². The van der Waals surface area contributed by atoms with E-state index in [0.29, 0.717) is 24.5 Å². The lowest BCUT2D eigenvalue weighted by molar-refractivity contribution is 0.0425. The van der Waals surface area contributed by atoms with Crippen LogP contribution in [0.2, 0.25) is 0 Å². The highest BCUT2D eigenvalue weighted by Gasteiger charge is 2.31. The first-order chi connectivity index (χ1) is 12.6. The molecule has 1 saturated heterocycles. The van der Waals surface area contributed by atoms with E-state index in [1.54, 1.807) is 41.8 Å². The number of aromatic nitrogens is 4. The topological polar surface area (TPSA) is 96.2 Å². The number of nitrogens with one attached hydrogen (secondary N) is 1. The van der Waals surface area contributed by atoms with E-state index in [9.17, 15) is 9.90 Å². The number of imidazole rings is 1. The first-order valence-electron chi connectivity index (χ1n) is 8.54. The van der Waals surface area contributed by atoms with Crippen LogP contribution in [0.5, 0.6) is 0 Å². The minimum absolute atomic E-state index is 0.0917. The number of amides is 1. The number of β-amino-alcohol motifs (C(OH)–C–C–N with tert-alkyl or cyclic N) is 1. The van der Waals surface area contributed by atoms with E-state index in [2.05, 4.69) is 20.3 Å². The van der Waals surface area contributed by atoms with E-state index in [0.717, 1.165) is 11.0 Å². The molecule has 1 aromatic carbocycles. The number of nitrogens with zero attached hydrogens (tertiary/aromatic N) is 5. The zero-order valence-corrected chi connectivity index (χ0v) is 14.4. The van der Waals surface area contributed by atoms with Gasteiger partial charge >= 0.3 is 0 Å². The molecule has 0 spiro atoms. The summed E-state index contributed by atoms with van der Waals surface area (Å²) >= 11 is 0. The summed E-state index contributed by atoms with van der Waals surface area (Å²) in [6.07, 6.45) is 4.96. The van der Waals surface area contributed by atoms with Crippen LogP contribution in [0.25, 0.3) is 11.0 Å². The third-order valence-electron chi connectivity index (χ3n) is 4.72. The number of carbonyl (C=O) groups is 1. The molecule has 1 amide bonds. The second-order valence-electron chi connectivity index (χ2n) is 6.49. The molecule has 3 heterocycles. The van der Waals surface area contributed by atoms with Crippen LogP contribution in [0, 0.1) is 0 Å². The van der Waals surface area contributed by atoms with Gasteiger partial charge in [0.1, 0.15) is 0 Å². The van der Waals surface area contributed by atoms with Crippen molar-refractivity contribution in [1.82, 2.24) is 24.4 Å². The quantitative estimate of drug-likeness (QED) is 0.731. The maximum Gasteiger partial charge on any atom is 0.254 e. The van der Waals surface area contributed by atoms with Gasteiger partial charge in [0.05, 0.1) is 29.5 Å². The number of hydrogen-bond donors (Lipinski definition) is 2. The van der Waals surface area contributed by atoms with Gasteiger partial charge in [-0.2, -0.15) is 0 Å². The van der Waals surface area contributed by atoms with Crippen molar-refractivity contribution in [2.24, 2.45) is 7.05 Å². The number of likely N-dealkylation sites (tertiary alicyclic amines) is 1. The monoisotopic (exact) mass is 352 g/mol. The van der Waals surface area contributed by atoms with Gasteiger partial charge in [-0.05, 0) is 30.7 Å². The Bertz CT molecular complexity index is 926. The Morgan fingerprint density at radius 2 is 2.08 bits per heavy atom. The number of aliphatic hydroxyl groups excluding tert-OH is 1. The van der Waals surface area contributed by atoms with Crippen LogP contribution in [-0.4, -0.2) is 60.7 Å². The molecule has 2 atom stereocenters. The van der Waals surface area contributed by atoms with Crippen LogP contribution in [0.15, 0.2) is 43.0 Å². The SMILES string of the molecule is Cn1cnc2cc(C(=O)N3CC[C@@H](Nc4ncccn4)[C@H](O)C3)ccc21. The smallest absolute Gasteiger partial charge is 0.254 e. The number of aryl methyl sites for hydroxylation is 1. The molecular weight excluding hydrogens is 332 g/mol. The van der Waals surface area contributed by atoms with Gasteiger partial charge < -0.3 is 19.9 Å². The average Bonchev–Trinajstić information content (AvgIpc) is 3.04. The van der Waals surface area contributed by atoms with Crippen molar-refractivity contribution in [3.05, 3.63) is 48.5 Å². The van der Waals surface area contributed by atoms with Gasteiger partial charge in [0, 0.05) is 38.1 Å². The number of piperidine rings is 1. The molecule has 3 aromatic rings. The minimum Gasteiger partial charge on any atom is -0.389 e. The van der Waals surface area contributed by atoms with Gasteiger partial charge in [0.25, 0.3) is 5.91 Å². The zero-order valence-electron chi connectivity index (χ0n) is 14.4. The van der Waals surface area contributed by atoms with Crippen LogP contribution in [0.4, 0.5) is 5.95 Å². The van der Waals surface area contributed by atoms with Gasteiger partial charge in [-0.15, -0.1) is 0 Å². The summed E-state index contributed by atoms with van der Waals surface area (Å²) < 4.78 is 1.91. The Morgan fingerprint density at radius 3 is 2.85 bits per heavy atom. The first-order valence-corrected chi connectivity index (χ1v) is 8.54. The number of hydrogen-bond acceptors (Lipinski definition) is 6. The average molecular weight is 352 g/mol. The standard InChI is InChI=1S/C18H20N6O2/c1-23-11-21-14-9-12(3-4-15(14)23)17(26)24-8-5-13(16(25)10-24)22-18-19-6-2-7-20-18/h2-4,6-7,9,11,13,16,25H,5,8,10H2,1H3,(H,19,20,22)/t13-,16-/m1/s1. The van der Waals surface area contributed by atoms with Crippen LogP contribution in [-0.2, 0) is 7.05 Å². The molecule has 1 aliphatic rings. The fourth-order valence-electron chi connectivity index (χ4n) is 3.28. The molecule has 8 nitrogen and oxygen atoms in total. The maximum atomic E-state index is 12.8. The number of aliphatic hydroxyl groups is 1. The van der Waals surface area contributed by atoms with E-state index in [4.69, 9.17) is 0 Å². The van der Waals surface area contributed by atoms with Crippen molar-refractivity contribution in [3.63, 3.8) is 0 Å². The largest absolute Gasteiger partial charge is 0.389 e. The number of rotatable bonds is 3. The molecular formula is C18H20N6O2. The normalized spacial score (nSPS) is 20.3. The first kappa shape index (κ1) is 16.5. The molecule has 2 aromatic heterocycles. The lowest BCUT2D eigenvalue weighted by Crippen LogP contribution is -2.51. The Hall–Kier alpha value is -3.00. The molecule has 4 rings (SSSR count). The number of benzene rings is 1. The molecule has 8 heteroatoms. The second kappa shape index (κ2) is 6.72. The van der Waals surface area contributed by atoms with Crippen LogP contribution < -0.4 is 5.32 Å². The van der Waals surface area contributed by atoms with Crippen molar-refractivity contribution < 1.29 is 9.90 Å². The number of fused-ring (bicyclic) bond motifs is 1. The molecule has 0 aliphatic carbocycles. The zero-order chi connectivity index (χ0) is 18.1. The van der Waals surface area contributed by atoms with E-state index >= 15 is 0 Å². The highest BCUT2D eigenvalue weighted by Crippen LogP contribution is 2.19. The summed E-state index contributed by atoms with van der Waals surface area (Å²) in [6, 6.07) is 7.06. The summed E-state index contributed by atoms with van der Waals surface area (Å²) in [6.45, 7) is 0.824. The summed E-state index contributed by atoms with van der Waals surface area (Å²) in [7, 11) is 1.92. The van der Waals surface area contributed by atoms with Crippen LogP contribution in [0.3, 0.4) is 0 Å². The molecule has 1 fully saturated rings. The highest BCUT2D eigenvalue weighted by molar-refractivity contribution is 5.97. The lowest BCUT2D eigenvalue weighted by atomic mass is 10.0. The van der Waals surface area contributed by atoms with Crippen molar-refractivity contribution >= 4 is 22.9 Å². The van der Waals surface area contributed by atoms with E-state index < -0.39 is 6.10 Å². The van der Waals surface area contributed by atoms with Crippen LogP contribution >= 0.6 is 0 Å². The molecule has 0 bridgehead atoms. The highest BCUT2D eigenvalue weighted by atomic mass is 16.3. The fourth-order valence-corrected chi connectivity index (χ4v) is 3.28. The van der Waals surface area contributed by atoms with Crippen molar-refractivity contribution in [2.45, 2.75) is 18.6 Å². The Morgan fingerprint density at radius 1 is 1.27 bits per heavy atom. The molecule has 1 aliphatic heterocycles. The van der Waals surface area contributed by atoms with Gasteiger partial charge in [0.15, 0.2) is 0 Å². The predicted molar refractivity (Wildman–Crippen MR) is 96.7 cm³/mol. The van der Waals surface area contributed by atoms with Crippen molar-refractivity contribution in [2.75, 3.05) is 18.4 Å². The summed E-state index contributed by atoms with van der Waals surface area (Å²) in [5.41, 5.74) is 2.35. The van der Waals surface area contributed by atoms with Gasteiger partial charge in [-0.3, -0.25) is 4.79 Å². The third kappa shape index (κ3) is 3.11. The van der Waals surface area contributed by atoms with E-state index in [1.807, 2.05) is 17.7 Å². The lowest BCUT2D eigenvalue weighted by Gasteiger charge is -2.36. The summed E-state index contributed by atoms with van der Waals surface area (Å²) in [5.74, 6) is 0.392. The van der Waals surface area contributed by atoms with Gasteiger partial charge in [-0.1, -0.05) is 0 Å². The Labute approximate surface area is 150 Å².